The zero-order valence-electron chi connectivity index (χ0n) is 34.3. The minimum Gasteiger partial charge on any atom is -0.489 e. The molecular weight excluding hydrogens is 753 g/mol. The Kier molecular flexibility index (Phi) is 13.4. The summed E-state index contributed by atoms with van der Waals surface area (Å²) < 4.78 is 12.0. The number of hydrogen-bond donors (Lipinski definition) is 0. The van der Waals surface area contributed by atoms with Crippen LogP contribution < -0.4 is 9.47 Å². The smallest absolute Gasteiger partial charge is 0.193 e. The van der Waals surface area contributed by atoms with Gasteiger partial charge in [-0.25, -0.2) is 0 Å². The van der Waals surface area contributed by atoms with Crippen LogP contribution in [-0.2, 0) is 13.2 Å². The summed E-state index contributed by atoms with van der Waals surface area (Å²) in [5.41, 5.74) is 5.04. The van der Waals surface area contributed by atoms with Crippen LogP contribution in [0.15, 0.2) is 109 Å². The van der Waals surface area contributed by atoms with E-state index in [0.717, 1.165) is 62.5 Å². The molecular formula is C52H50O8. The van der Waals surface area contributed by atoms with Gasteiger partial charge in [-0.3, -0.25) is 28.8 Å². The summed E-state index contributed by atoms with van der Waals surface area (Å²) in [7, 11) is 0. The highest BCUT2D eigenvalue weighted by atomic mass is 16.5. The Morgan fingerprint density at radius 2 is 0.733 bits per heavy atom. The number of rotatable bonds is 18. The summed E-state index contributed by atoms with van der Waals surface area (Å²) in [6, 6.07) is 31.3. The SMILES string of the molecule is CCC(=O)c1cc(C(=O)c2ccc(OCc3ccc(COc4ccc(C(=O)c5cc(C(=O)CC)cc(C(=O)C6CCCC6)c5)cc4)cc3)cc2)cc(C(=O)C2CCCC2)c1. The fourth-order valence-electron chi connectivity index (χ4n) is 8.18. The first-order valence-electron chi connectivity index (χ1n) is 21.2. The van der Waals surface area contributed by atoms with Crippen LogP contribution in [0.2, 0.25) is 0 Å². The lowest BCUT2D eigenvalue weighted by Crippen LogP contribution is -2.14. The van der Waals surface area contributed by atoms with Crippen LogP contribution in [-0.4, -0.2) is 34.7 Å². The second kappa shape index (κ2) is 19.2. The number of carbonyl (C=O) groups is 6. The number of carbonyl (C=O) groups excluding carboxylic acids is 6. The lowest BCUT2D eigenvalue weighted by Gasteiger charge is -2.12. The number of ketones is 6. The third-order valence-electron chi connectivity index (χ3n) is 11.8. The number of benzene rings is 5. The molecule has 8 nitrogen and oxygen atoms in total. The second-order valence-electron chi connectivity index (χ2n) is 15.9. The summed E-state index contributed by atoms with van der Waals surface area (Å²) in [5.74, 6) is 0.339. The highest BCUT2D eigenvalue weighted by Gasteiger charge is 2.27. The van der Waals surface area contributed by atoms with Gasteiger partial charge in [-0.05, 0) is 122 Å². The van der Waals surface area contributed by atoms with E-state index in [0.29, 0.717) is 69.2 Å². The molecule has 8 heteroatoms. The Balaban J connectivity index is 0.926. The minimum absolute atomic E-state index is 0.00585. The maximum atomic E-state index is 13.6. The Hall–Kier alpha value is -6.28. The van der Waals surface area contributed by atoms with Gasteiger partial charge in [0, 0.05) is 69.2 Å². The lowest BCUT2D eigenvalue weighted by molar-refractivity contribution is 0.0914. The van der Waals surface area contributed by atoms with Gasteiger partial charge >= 0.3 is 0 Å². The van der Waals surface area contributed by atoms with Gasteiger partial charge in [0.25, 0.3) is 0 Å². The van der Waals surface area contributed by atoms with Gasteiger partial charge in [0.15, 0.2) is 34.7 Å². The molecule has 0 aliphatic heterocycles. The Morgan fingerprint density at radius 1 is 0.417 bits per heavy atom. The van der Waals surface area contributed by atoms with Crippen molar-refractivity contribution >= 4 is 34.7 Å². The maximum absolute atomic E-state index is 13.6. The van der Waals surface area contributed by atoms with E-state index in [1.54, 1.807) is 98.8 Å². The van der Waals surface area contributed by atoms with Crippen molar-refractivity contribution in [1.82, 2.24) is 0 Å². The van der Waals surface area contributed by atoms with E-state index >= 15 is 0 Å². The quantitative estimate of drug-likeness (QED) is 0.0803. The van der Waals surface area contributed by atoms with Gasteiger partial charge in [0.1, 0.15) is 24.7 Å². The van der Waals surface area contributed by atoms with Crippen molar-refractivity contribution in [1.29, 1.82) is 0 Å². The van der Waals surface area contributed by atoms with E-state index in [2.05, 4.69) is 0 Å². The predicted molar refractivity (Wildman–Crippen MR) is 230 cm³/mol. The van der Waals surface area contributed by atoms with E-state index in [1.807, 2.05) is 24.3 Å². The molecule has 2 aliphatic carbocycles. The molecule has 0 atom stereocenters. The van der Waals surface area contributed by atoms with Crippen molar-refractivity contribution in [3.05, 3.63) is 165 Å². The normalized spacial score (nSPS) is 14.2. The van der Waals surface area contributed by atoms with Crippen molar-refractivity contribution in [2.45, 2.75) is 91.3 Å². The zero-order valence-corrected chi connectivity index (χ0v) is 34.3. The van der Waals surface area contributed by atoms with Crippen LogP contribution >= 0.6 is 0 Å². The van der Waals surface area contributed by atoms with Crippen LogP contribution in [0.3, 0.4) is 0 Å². The minimum atomic E-state index is -0.261. The first-order valence-corrected chi connectivity index (χ1v) is 21.2. The van der Waals surface area contributed by atoms with E-state index in [9.17, 15) is 28.8 Å². The van der Waals surface area contributed by atoms with Crippen molar-refractivity contribution in [3.8, 4) is 11.5 Å². The van der Waals surface area contributed by atoms with E-state index < -0.39 is 0 Å². The zero-order chi connectivity index (χ0) is 42.2. The molecule has 0 amide bonds. The van der Waals surface area contributed by atoms with E-state index in [1.165, 1.54) is 0 Å². The number of hydrogen-bond acceptors (Lipinski definition) is 8. The van der Waals surface area contributed by atoms with Gasteiger partial charge in [-0.2, -0.15) is 0 Å². The largest absolute Gasteiger partial charge is 0.489 e. The van der Waals surface area contributed by atoms with Crippen LogP contribution in [0.25, 0.3) is 0 Å². The van der Waals surface area contributed by atoms with Gasteiger partial charge in [-0.15, -0.1) is 0 Å². The molecule has 60 heavy (non-hydrogen) atoms. The Labute approximate surface area is 351 Å². The molecule has 0 N–H and O–H groups in total. The van der Waals surface area contributed by atoms with Crippen molar-refractivity contribution in [2.24, 2.45) is 11.8 Å². The van der Waals surface area contributed by atoms with Crippen LogP contribution in [0, 0.1) is 11.8 Å². The van der Waals surface area contributed by atoms with E-state index in [4.69, 9.17) is 9.47 Å². The molecule has 5 aromatic carbocycles. The van der Waals surface area contributed by atoms with Crippen LogP contribution in [0.5, 0.6) is 11.5 Å². The average molecular weight is 803 g/mol. The Bertz CT molecular complexity index is 2220. The molecule has 0 unspecified atom stereocenters. The monoisotopic (exact) mass is 802 g/mol. The van der Waals surface area contributed by atoms with Gasteiger partial charge in [-0.1, -0.05) is 63.8 Å². The van der Waals surface area contributed by atoms with Crippen LogP contribution in [0.4, 0.5) is 0 Å². The molecule has 7 rings (SSSR count). The Morgan fingerprint density at radius 3 is 1.07 bits per heavy atom. The highest BCUT2D eigenvalue weighted by Crippen LogP contribution is 2.31. The molecule has 2 fully saturated rings. The molecule has 0 heterocycles. The average Bonchev–Trinajstić information content (AvgIpc) is 4.06. The summed E-state index contributed by atoms with van der Waals surface area (Å²) in [5, 5.41) is 0. The van der Waals surface area contributed by atoms with Crippen LogP contribution in [0.1, 0.15) is 162 Å². The summed E-state index contributed by atoms with van der Waals surface area (Å²) in [6.45, 7) is 4.15. The number of ether oxygens (including phenoxy) is 2. The third kappa shape index (κ3) is 9.94. The lowest BCUT2D eigenvalue weighted by atomic mass is 9.90. The van der Waals surface area contributed by atoms with Gasteiger partial charge in [0.2, 0.25) is 0 Å². The molecule has 0 radical (unpaired) electrons. The van der Waals surface area contributed by atoms with Crippen molar-refractivity contribution in [2.75, 3.05) is 0 Å². The second-order valence-corrected chi connectivity index (χ2v) is 15.9. The summed E-state index contributed by atoms with van der Waals surface area (Å²) in [6.07, 6.45) is 7.99. The fourth-order valence-corrected chi connectivity index (χ4v) is 8.18. The standard InChI is InChI=1S/C52H50O8/c1-3-47(53)39-25-41(49(55)35-9-5-6-10-35)29-43(27-39)51(57)37-17-21-45(22-18-37)59-31-33-13-15-34(16-14-33)32-60-46-23-19-38(20-24-46)52(58)44-28-40(48(54)4-2)26-42(30-44)50(56)36-11-7-8-12-36/h13-30,35-36H,3-12,31-32H2,1-2H3. The number of Topliss-reactive ketones (excluding diaryl/α,β-unsaturated/α-hetero) is 4. The highest BCUT2D eigenvalue weighted by molar-refractivity contribution is 6.13. The molecule has 5 aromatic rings. The van der Waals surface area contributed by atoms with Crippen molar-refractivity contribution < 1.29 is 38.2 Å². The first-order chi connectivity index (χ1) is 29.1. The molecule has 0 bridgehead atoms. The fraction of sp³-hybridized carbons (Fsp3) is 0.308. The maximum Gasteiger partial charge on any atom is 0.193 e. The molecule has 2 aliphatic rings. The molecule has 0 saturated heterocycles. The summed E-state index contributed by atoms with van der Waals surface area (Å²) in [4.78, 5) is 78.9. The molecule has 2 saturated carbocycles. The van der Waals surface area contributed by atoms with Gasteiger partial charge < -0.3 is 9.47 Å². The van der Waals surface area contributed by atoms with Crippen molar-refractivity contribution in [3.63, 3.8) is 0 Å². The van der Waals surface area contributed by atoms with E-state index in [-0.39, 0.29) is 59.4 Å². The molecule has 0 aromatic heterocycles. The predicted octanol–water partition coefficient (Wildman–Crippen LogP) is 11.2. The first kappa shape index (κ1) is 41.9. The molecule has 0 spiro atoms. The summed E-state index contributed by atoms with van der Waals surface area (Å²) >= 11 is 0. The third-order valence-corrected chi connectivity index (χ3v) is 11.8. The molecule has 306 valence electrons. The van der Waals surface area contributed by atoms with Gasteiger partial charge in [0.05, 0.1) is 0 Å². The topological polar surface area (TPSA) is 121 Å².